The van der Waals surface area contributed by atoms with Crippen LogP contribution in [-0.4, -0.2) is 89.1 Å². The zero-order valence-corrected chi connectivity index (χ0v) is 24.9. The summed E-state index contributed by atoms with van der Waals surface area (Å²) >= 11 is 0. The standard InChI is InChI=1S/C31H39N7O6/c1-2-12-42-14-16-44-17-15-43-13-11-37-22-27(35-36-37)24-9-6-10-25(18-24)32-29(40)33-26-19-31(20-26)28(39)38(30(41)34-31)21-23-7-4-3-5-8-23/h3-10,18,22,26H,2,11-17,19-21H2,1H3,(H,34,41)(H2,32,33,40). The first-order valence-electron chi connectivity index (χ1n) is 14.9. The van der Waals surface area contributed by atoms with Crippen LogP contribution < -0.4 is 16.0 Å². The predicted molar refractivity (Wildman–Crippen MR) is 162 cm³/mol. The Morgan fingerprint density at radius 1 is 0.977 bits per heavy atom. The molecule has 1 aromatic heterocycles. The lowest BCUT2D eigenvalue weighted by Crippen LogP contribution is -2.64. The lowest BCUT2D eigenvalue weighted by molar-refractivity contribution is -0.135. The molecule has 0 atom stereocenters. The molecule has 234 valence electrons. The second-order valence-corrected chi connectivity index (χ2v) is 10.9. The SMILES string of the molecule is CCCOCCOCCOCCn1cc(-c2cccc(NC(=O)NC3CC4(C3)NC(=O)N(Cc3ccccc3)C4=O)c2)nn1. The number of anilines is 1. The monoisotopic (exact) mass is 605 g/mol. The number of aromatic nitrogens is 3. The average molecular weight is 606 g/mol. The highest BCUT2D eigenvalue weighted by atomic mass is 16.5. The maximum Gasteiger partial charge on any atom is 0.325 e. The van der Waals surface area contributed by atoms with Crippen LogP contribution in [0.15, 0.2) is 60.8 Å². The van der Waals surface area contributed by atoms with Gasteiger partial charge in [0.2, 0.25) is 0 Å². The largest absolute Gasteiger partial charge is 0.379 e. The molecular weight excluding hydrogens is 566 g/mol. The normalized spacial score (nSPS) is 19.2. The number of carbonyl (C=O) groups excluding carboxylic acids is 3. The van der Waals surface area contributed by atoms with Gasteiger partial charge in [0.25, 0.3) is 5.91 Å². The van der Waals surface area contributed by atoms with E-state index in [1.807, 2.05) is 54.7 Å². The van der Waals surface area contributed by atoms with Gasteiger partial charge in [-0.1, -0.05) is 54.6 Å². The molecule has 2 aliphatic rings. The van der Waals surface area contributed by atoms with Gasteiger partial charge in [-0.15, -0.1) is 5.10 Å². The highest BCUT2D eigenvalue weighted by molar-refractivity contribution is 6.08. The third kappa shape index (κ3) is 7.98. The van der Waals surface area contributed by atoms with Crippen LogP contribution in [0.4, 0.5) is 15.3 Å². The molecule has 5 amide bonds. The quantitative estimate of drug-likeness (QED) is 0.167. The minimum absolute atomic E-state index is 0.217. The Kier molecular flexibility index (Phi) is 10.5. The molecule has 2 aromatic carbocycles. The maximum absolute atomic E-state index is 13.1. The molecular formula is C31H39N7O6. The number of ether oxygens (including phenoxy) is 3. The van der Waals surface area contributed by atoms with Crippen molar-refractivity contribution in [3.8, 4) is 11.3 Å². The van der Waals surface area contributed by atoms with Crippen LogP contribution >= 0.6 is 0 Å². The molecule has 1 saturated carbocycles. The molecule has 13 nitrogen and oxygen atoms in total. The van der Waals surface area contributed by atoms with E-state index in [1.54, 1.807) is 10.7 Å². The number of imide groups is 1. The highest BCUT2D eigenvalue weighted by Crippen LogP contribution is 2.38. The van der Waals surface area contributed by atoms with Crippen molar-refractivity contribution in [1.29, 1.82) is 0 Å². The molecule has 1 aliphatic heterocycles. The Morgan fingerprint density at radius 2 is 1.70 bits per heavy atom. The van der Waals surface area contributed by atoms with Crippen molar-refractivity contribution in [3.05, 3.63) is 66.4 Å². The first kappa shape index (κ1) is 31.1. The molecule has 13 heteroatoms. The fourth-order valence-electron chi connectivity index (χ4n) is 5.24. The van der Waals surface area contributed by atoms with E-state index in [9.17, 15) is 14.4 Å². The van der Waals surface area contributed by atoms with Crippen LogP contribution in [0.3, 0.4) is 0 Å². The minimum Gasteiger partial charge on any atom is -0.379 e. The van der Waals surface area contributed by atoms with Crippen molar-refractivity contribution >= 4 is 23.7 Å². The number of amides is 5. The molecule has 0 bridgehead atoms. The molecule has 2 heterocycles. The van der Waals surface area contributed by atoms with Crippen molar-refractivity contribution in [2.45, 2.75) is 50.9 Å². The molecule has 3 N–H and O–H groups in total. The van der Waals surface area contributed by atoms with Crippen LogP contribution in [0.1, 0.15) is 31.7 Å². The summed E-state index contributed by atoms with van der Waals surface area (Å²) in [7, 11) is 0. The first-order chi connectivity index (χ1) is 21.5. The Hall–Kier alpha value is -4.33. The summed E-state index contributed by atoms with van der Waals surface area (Å²) in [6.45, 7) is 6.21. The highest BCUT2D eigenvalue weighted by Gasteiger charge is 2.58. The van der Waals surface area contributed by atoms with E-state index >= 15 is 0 Å². The van der Waals surface area contributed by atoms with Gasteiger partial charge in [0.1, 0.15) is 11.2 Å². The topological polar surface area (TPSA) is 149 Å². The average Bonchev–Trinajstić information content (AvgIpc) is 3.57. The Labute approximate surface area is 256 Å². The molecule has 1 aliphatic carbocycles. The van der Waals surface area contributed by atoms with Crippen molar-refractivity contribution in [3.63, 3.8) is 0 Å². The number of hydrogen-bond donors (Lipinski definition) is 3. The zero-order chi connectivity index (χ0) is 30.8. The Morgan fingerprint density at radius 3 is 2.45 bits per heavy atom. The minimum atomic E-state index is -0.961. The van der Waals surface area contributed by atoms with Gasteiger partial charge in [-0.3, -0.25) is 9.69 Å². The van der Waals surface area contributed by atoms with E-state index in [4.69, 9.17) is 14.2 Å². The molecule has 0 radical (unpaired) electrons. The van der Waals surface area contributed by atoms with E-state index < -0.39 is 17.6 Å². The lowest BCUT2D eigenvalue weighted by Gasteiger charge is -2.42. The van der Waals surface area contributed by atoms with Gasteiger partial charge in [0.05, 0.1) is 52.3 Å². The van der Waals surface area contributed by atoms with Gasteiger partial charge in [0, 0.05) is 36.7 Å². The van der Waals surface area contributed by atoms with E-state index in [0.29, 0.717) is 63.8 Å². The van der Waals surface area contributed by atoms with Crippen molar-refractivity contribution < 1.29 is 28.6 Å². The van der Waals surface area contributed by atoms with Crippen LogP contribution in [0.25, 0.3) is 11.3 Å². The van der Waals surface area contributed by atoms with E-state index in [-0.39, 0.29) is 18.5 Å². The van der Waals surface area contributed by atoms with Crippen LogP contribution in [0, 0.1) is 0 Å². The molecule has 44 heavy (non-hydrogen) atoms. The summed E-state index contributed by atoms with van der Waals surface area (Å²) in [6, 6.07) is 15.6. The van der Waals surface area contributed by atoms with Gasteiger partial charge < -0.3 is 30.2 Å². The van der Waals surface area contributed by atoms with Crippen LogP contribution in [-0.2, 0) is 32.1 Å². The molecule has 1 spiro atoms. The zero-order valence-electron chi connectivity index (χ0n) is 24.9. The third-order valence-electron chi connectivity index (χ3n) is 7.47. The number of carbonyl (C=O) groups is 3. The lowest BCUT2D eigenvalue weighted by atomic mass is 9.72. The Balaban J connectivity index is 1.02. The maximum atomic E-state index is 13.1. The van der Waals surface area contributed by atoms with E-state index in [0.717, 1.165) is 24.2 Å². The third-order valence-corrected chi connectivity index (χ3v) is 7.47. The van der Waals surface area contributed by atoms with Gasteiger partial charge in [-0.05, 0) is 24.1 Å². The van der Waals surface area contributed by atoms with Gasteiger partial charge >= 0.3 is 12.1 Å². The number of hydrogen-bond acceptors (Lipinski definition) is 8. The number of benzene rings is 2. The number of nitrogens with one attached hydrogen (secondary N) is 3. The summed E-state index contributed by atoms with van der Waals surface area (Å²) in [5, 5.41) is 17.0. The number of nitrogens with zero attached hydrogens (tertiary/aromatic N) is 4. The molecule has 0 unspecified atom stereocenters. The number of urea groups is 2. The first-order valence-corrected chi connectivity index (χ1v) is 14.9. The molecule has 3 aromatic rings. The summed E-state index contributed by atoms with van der Waals surface area (Å²) < 4.78 is 18.1. The molecule has 5 rings (SSSR count). The summed E-state index contributed by atoms with van der Waals surface area (Å²) in [5.74, 6) is -0.255. The van der Waals surface area contributed by atoms with E-state index in [2.05, 4.69) is 33.2 Å². The number of rotatable bonds is 16. The summed E-state index contributed by atoms with van der Waals surface area (Å²) in [5.41, 5.74) is 1.97. The van der Waals surface area contributed by atoms with Gasteiger partial charge in [0.15, 0.2) is 0 Å². The van der Waals surface area contributed by atoms with Crippen molar-refractivity contribution in [2.24, 2.45) is 0 Å². The Bertz CT molecular complexity index is 1410. The van der Waals surface area contributed by atoms with Gasteiger partial charge in [-0.25, -0.2) is 14.3 Å². The van der Waals surface area contributed by atoms with Crippen LogP contribution in [0.2, 0.25) is 0 Å². The van der Waals surface area contributed by atoms with E-state index in [1.165, 1.54) is 4.90 Å². The second-order valence-electron chi connectivity index (χ2n) is 10.9. The molecule has 2 fully saturated rings. The fraction of sp³-hybridized carbons (Fsp3) is 0.452. The fourth-order valence-corrected chi connectivity index (χ4v) is 5.24. The predicted octanol–water partition coefficient (Wildman–Crippen LogP) is 3.18. The van der Waals surface area contributed by atoms with Crippen molar-refractivity contribution in [1.82, 2.24) is 30.5 Å². The summed E-state index contributed by atoms with van der Waals surface area (Å²) in [4.78, 5) is 39.5. The van der Waals surface area contributed by atoms with Crippen LogP contribution in [0.5, 0.6) is 0 Å². The second kappa shape index (κ2) is 14.9. The smallest absolute Gasteiger partial charge is 0.325 e. The summed E-state index contributed by atoms with van der Waals surface area (Å²) in [6.07, 6.45) is 3.50. The van der Waals surface area contributed by atoms with Gasteiger partial charge in [-0.2, -0.15) is 0 Å². The molecule has 1 saturated heterocycles. The van der Waals surface area contributed by atoms with Crippen molar-refractivity contribution in [2.75, 3.05) is 45.0 Å².